The fourth-order valence-corrected chi connectivity index (χ4v) is 1.35. The predicted octanol–water partition coefficient (Wildman–Crippen LogP) is 0.308. The molecule has 82 valence electrons. The van der Waals surface area contributed by atoms with E-state index >= 15 is 0 Å². The van der Waals surface area contributed by atoms with Gasteiger partial charge in [-0.05, 0) is 31.2 Å². The van der Waals surface area contributed by atoms with Gasteiger partial charge >= 0.3 is 0 Å². The number of nitrogens with one attached hydrogen (secondary N) is 1. The van der Waals surface area contributed by atoms with Crippen molar-refractivity contribution >= 4 is 23.3 Å². The van der Waals surface area contributed by atoms with Crippen LogP contribution in [0.4, 0.5) is 5.69 Å². The van der Waals surface area contributed by atoms with Gasteiger partial charge in [-0.25, -0.2) is 0 Å². The monoisotopic (exact) mass is 217 g/mol. The SMILES string of the molecule is CC1C(=O)N=C(c2ccc(N)cc2)NC1=O. The average Bonchev–Trinajstić information content (AvgIpc) is 2.26. The van der Waals surface area contributed by atoms with E-state index in [4.69, 9.17) is 5.73 Å². The number of carbonyl (C=O) groups is 2. The second-order valence-electron chi connectivity index (χ2n) is 3.63. The lowest BCUT2D eigenvalue weighted by Crippen LogP contribution is -2.43. The summed E-state index contributed by atoms with van der Waals surface area (Å²) in [6, 6.07) is 6.79. The van der Waals surface area contributed by atoms with Crippen molar-refractivity contribution in [3.8, 4) is 0 Å². The Morgan fingerprint density at radius 3 is 2.44 bits per heavy atom. The molecule has 0 saturated carbocycles. The van der Waals surface area contributed by atoms with Gasteiger partial charge in [-0.1, -0.05) is 0 Å². The highest BCUT2D eigenvalue weighted by atomic mass is 16.2. The highest BCUT2D eigenvalue weighted by Gasteiger charge is 2.27. The van der Waals surface area contributed by atoms with Crippen LogP contribution in [-0.2, 0) is 9.59 Å². The van der Waals surface area contributed by atoms with E-state index in [1.165, 1.54) is 6.92 Å². The van der Waals surface area contributed by atoms with Crippen LogP contribution in [0.1, 0.15) is 12.5 Å². The highest BCUT2D eigenvalue weighted by molar-refractivity contribution is 6.20. The summed E-state index contributed by atoms with van der Waals surface area (Å²) in [7, 11) is 0. The summed E-state index contributed by atoms with van der Waals surface area (Å²) in [6.07, 6.45) is 0. The highest BCUT2D eigenvalue weighted by Crippen LogP contribution is 2.11. The van der Waals surface area contributed by atoms with E-state index in [9.17, 15) is 9.59 Å². The van der Waals surface area contributed by atoms with E-state index in [2.05, 4.69) is 10.3 Å². The average molecular weight is 217 g/mol. The maximum absolute atomic E-state index is 11.4. The van der Waals surface area contributed by atoms with Crippen molar-refractivity contribution in [3.05, 3.63) is 29.8 Å². The minimum absolute atomic E-state index is 0.285. The van der Waals surface area contributed by atoms with Crippen LogP contribution < -0.4 is 11.1 Å². The van der Waals surface area contributed by atoms with E-state index in [-0.39, 0.29) is 11.7 Å². The number of hydrogen-bond acceptors (Lipinski definition) is 3. The molecule has 1 aliphatic rings. The molecule has 2 amide bonds. The molecule has 5 nitrogen and oxygen atoms in total. The van der Waals surface area contributed by atoms with Gasteiger partial charge < -0.3 is 11.1 Å². The van der Waals surface area contributed by atoms with Crippen LogP contribution in [-0.4, -0.2) is 17.6 Å². The van der Waals surface area contributed by atoms with Crippen LogP contribution in [0.25, 0.3) is 0 Å². The maximum Gasteiger partial charge on any atom is 0.259 e. The molecule has 1 aromatic carbocycles. The van der Waals surface area contributed by atoms with E-state index < -0.39 is 11.8 Å². The quantitative estimate of drug-likeness (QED) is 0.524. The fraction of sp³-hybridized carbons (Fsp3) is 0.182. The molecule has 3 N–H and O–H groups in total. The Labute approximate surface area is 92.4 Å². The molecule has 2 rings (SSSR count). The molecular formula is C11H11N3O2. The molecule has 0 aromatic heterocycles. The summed E-state index contributed by atoms with van der Waals surface area (Å²) in [5.74, 6) is -1.17. The number of nitrogens with two attached hydrogens (primary N) is 1. The zero-order chi connectivity index (χ0) is 11.7. The minimum atomic E-state index is -0.711. The summed E-state index contributed by atoms with van der Waals surface area (Å²) < 4.78 is 0. The van der Waals surface area contributed by atoms with Crippen molar-refractivity contribution in [1.29, 1.82) is 0 Å². The second-order valence-corrected chi connectivity index (χ2v) is 3.63. The molecule has 0 spiro atoms. The fourth-order valence-electron chi connectivity index (χ4n) is 1.35. The zero-order valence-corrected chi connectivity index (χ0v) is 8.73. The van der Waals surface area contributed by atoms with E-state index in [0.29, 0.717) is 11.3 Å². The normalized spacial score (nSPS) is 20.3. The molecule has 1 aliphatic heterocycles. The summed E-state index contributed by atoms with van der Waals surface area (Å²) in [6.45, 7) is 1.53. The van der Waals surface area contributed by atoms with Crippen molar-refractivity contribution in [3.63, 3.8) is 0 Å². The first kappa shape index (κ1) is 10.4. The first-order valence-electron chi connectivity index (χ1n) is 4.87. The molecule has 0 fully saturated rings. The molecule has 0 saturated heterocycles. The van der Waals surface area contributed by atoms with Crippen LogP contribution in [0.3, 0.4) is 0 Å². The number of amides is 2. The Morgan fingerprint density at radius 1 is 1.25 bits per heavy atom. The third-order valence-corrected chi connectivity index (χ3v) is 2.41. The smallest absolute Gasteiger partial charge is 0.259 e. The van der Waals surface area contributed by atoms with Gasteiger partial charge in [0.15, 0.2) is 0 Å². The molecule has 1 unspecified atom stereocenters. The van der Waals surface area contributed by atoms with Gasteiger partial charge in [0, 0.05) is 11.3 Å². The topological polar surface area (TPSA) is 84.6 Å². The lowest BCUT2D eigenvalue weighted by atomic mass is 10.1. The number of nitrogen functional groups attached to an aromatic ring is 1. The Morgan fingerprint density at radius 2 is 1.88 bits per heavy atom. The van der Waals surface area contributed by atoms with Gasteiger partial charge in [0.2, 0.25) is 5.91 Å². The van der Waals surface area contributed by atoms with E-state index in [0.717, 1.165) is 0 Å². The Hall–Kier alpha value is -2.17. The first-order chi connectivity index (χ1) is 7.58. The van der Waals surface area contributed by atoms with Crippen molar-refractivity contribution < 1.29 is 9.59 Å². The Bertz CT molecular complexity index is 477. The number of hydrogen-bond donors (Lipinski definition) is 2. The lowest BCUT2D eigenvalue weighted by Gasteiger charge is -2.17. The van der Waals surface area contributed by atoms with Gasteiger partial charge in [0.1, 0.15) is 11.8 Å². The minimum Gasteiger partial charge on any atom is -0.399 e. The van der Waals surface area contributed by atoms with Crippen molar-refractivity contribution in [2.75, 3.05) is 5.73 Å². The number of aliphatic imine (C=N–C) groups is 1. The molecule has 1 atom stereocenters. The lowest BCUT2D eigenvalue weighted by molar-refractivity contribution is -0.132. The molecule has 1 aromatic rings. The largest absolute Gasteiger partial charge is 0.399 e. The van der Waals surface area contributed by atoms with E-state index in [1.807, 2.05) is 0 Å². The second kappa shape index (κ2) is 3.77. The summed E-state index contributed by atoms with van der Waals surface area (Å²) in [5.41, 5.74) is 6.82. The van der Waals surface area contributed by atoms with Gasteiger partial charge in [-0.2, -0.15) is 4.99 Å². The summed E-state index contributed by atoms with van der Waals surface area (Å²) >= 11 is 0. The number of nitrogens with zero attached hydrogens (tertiary/aromatic N) is 1. The molecule has 0 radical (unpaired) electrons. The standard InChI is InChI=1S/C11H11N3O2/c1-6-10(15)13-9(14-11(6)16)7-2-4-8(12)5-3-7/h2-6H,12H2,1H3,(H,13,14,15,16). The first-order valence-corrected chi connectivity index (χ1v) is 4.87. The van der Waals surface area contributed by atoms with Gasteiger partial charge in [0.25, 0.3) is 5.91 Å². The van der Waals surface area contributed by atoms with Crippen LogP contribution in [0.5, 0.6) is 0 Å². The Kier molecular flexibility index (Phi) is 2.44. The van der Waals surface area contributed by atoms with Crippen molar-refractivity contribution in [1.82, 2.24) is 5.32 Å². The predicted molar refractivity (Wildman–Crippen MR) is 59.7 cm³/mol. The van der Waals surface area contributed by atoms with Gasteiger partial charge in [-0.15, -0.1) is 0 Å². The summed E-state index contributed by atoms with van der Waals surface area (Å²) in [5, 5.41) is 2.58. The number of rotatable bonds is 1. The summed E-state index contributed by atoms with van der Waals surface area (Å²) in [4.78, 5) is 26.6. The van der Waals surface area contributed by atoms with Crippen LogP contribution >= 0.6 is 0 Å². The van der Waals surface area contributed by atoms with Crippen LogP contribution in [0.2, 0.25) is 0 Å². The molecular weight excluding hydrogens is 206 g/mol. The number of anilines is 1. The maximum atomic E-state index is 11.4. The number of amidine groups is 1. The van der Waals surface area contributed by atoms with Gasteiger partial charge in [0.05, 0.1) is 0 Å². The Balaban J connectivity index is 2.35. The van der Waals surface area contributed by atoms with E-state index in [1.54, 1.807) is 24.3 Å². The van der Waals surface area contributed by atoms with Gasteiger partial charge in [-0.3, -0.25) is 9.59 Å². The third kappa shape index (κ3) is 1.79. The third-order valence-electron chi connectivity index (χ3n) is 2.41. The molecule has 1 heterocycles. The molecule has 16 heavy (non-hydrogen) atoms. The number of benzene rings is 1. The van der Waals surface area contributed by atoms with Crippen molar-refractivity contribution in [2.24, 2.45) is 10.9 Å². The van der Waals surface area contributed by atoms with Crippen LogP contribution in [0, 0.1) is 5.92 Å². The van der Waals surface area contributed by atoms with Crippen molar-refractivity contribution in [2.45, 2.75) is 6.92 Å². The molecule has 5 heteroatoms. The van der Waals surface area contributed by atoms with Crippen LogP contribution in [0.15, 0.2) is 29.3 Å². The number of carbonyl (C=O) groups excluding carboxylic acids is 2. The molecule has 0 aliphatic carbocycles. The zero-order valence-electron chi connectivity index (χ0n) is 8.73. The molecule has 0 bridgehead atoms.